The van der Waals surface area contributed by atoms with Crippen molar-refractivity contribution in [2.75, 3.05) is 16.8 Å². The predicted molar refractivity (Wildman–Crippen MR) is 97.3 cm³/mol. The van der Waals surface area contributed by atoms with E-state index < -0.39 is 6.04 Å². The van der Waals surface area contributed by atoms with Crippen molar-refractivity contribution in [1.29, 1.82) is 0 Å². The largest absolute Gasteiger partial charge is 0.504 e. The molecule has 2 N–H and O–H groups in total. The molecule has 1 atom stereocenters. The number of anilines is 2. The minimum absolute atomic E-state index is 0.0627. The molecule has 1 aliphatic heterocycles. The molecule has 128 valence electrons. The van der Waals surface area contributed by atoms with E-state index in [0.717, 1.165) is 29.0 Å². The van der Waals surface area contributed by atoms with Crippen molar-refractivity contribution in [1.82, 2.24) is 15.0 Å². The maximum atomic E-state index is 12.7. The highest BCUT2D eigenvalue weighted by molar-refractivity contribution is 7.16. The summed E-state index contributed by atoms with van der Waals surface area (Å²) < 4.78 is 0. The van der Waals surface area contributed by atoms with Gasteiger partial charge in [0.25, 0.3) is 0 Å². The Hall–Kier alpha value is -2.45. The lowest BCUT2D eigenvalue weighted by Crippen LogP contribution is -2.40. The Morgan fingerprint density at radius 2 is 2.24 bits per heavy atom. The predicted octanol–water partition coefficient (Wildman–Crippen LogP) is 3.05. The van der Waals surface area contributed by atoms with Crippen LogP contribution in [0.4, 0.5) is 11.6 Å². The average molecular weight is 376 g/mol. The number of pyridine rings is 1. The van der Waals surface area contributed by atoms with Gasteiger partial charge in [-0.15, -0.1) is 11.3 Å². The van der Waals surface area contributed by atoms with Crippen LogP contribution in [0.3, 0.4) is 0 Å². The van der Waals surface area contributed by atoms with Crippen LogP contribution < -0.4 is 10.2 Å². The fourth-order valence-electron chi connectivity index (χ4n) is 3.02. The molecule has 7 nitrogen and oxygen atoms in total. The van der Waals surface area contributed by atoms with E-state index in [1.165, 1.54) is 18.5 Å². The average Bonchev–Trinajstić information content (AvgIpc) is 3.26. The van der Waals surface area contributed by atoms with Crippen LogP contribution in [-0.2, 0) is 4.79 Å². The minimum Gasteiger partial charge on any atom is -0.504 e. The molecule has 1 aliphatic rings. The first kappa shape index (κ1) is 16.0. The van der Waals surface area contributed by atoms with Crippen LogP contribution in [0.5, 0.6) is 5.75 Å². The summed E-state index contributed by atoms with van der Waals surface area (Å²) in [6.45, 7) is 0.731. The second kappa shape index (κ2) is 6.45. The van der Waals surface area contributed by atoms with E-state index in [-0.39, 0.29) is 22.6 Å². The van der Waals surface area contributed by atoms with Crippen molar-refractivity contribution in [3.05, 3.63) is 35.1 Å². The van der Waals surface area contributed by atoms with Crippen molar-refractivity contribution in [3.63, 3.8) is 0 Å². The fraction of sp³-hybridized carbons (Fsp3) is 0.250. The summed E-state index contributed by atoms with van der Waals surface area (Å²) in [4.78, 5) is 28.2. The first-order chi connectivity index (χ1) is 12.1. The minimum atomic E-state index is -0.391. The summed E-state index contributed by atoms with van der Waals surface area (Å²) >= 11 is 7.38. The van der Waals surface area contributed by atoms with Crippen LogP contribution >= 0.6 is 22.9 Å². The lowest BCUT2D eigenvalue weighted by molar-refractivity contribution is -0.117. The molecule has 1 unspecified atom stereocenters. The third-order valence-electron chi connectivity index (χ3n) is 4.15. The van der Waals surface area contributed by atoms with Crippen molar-refractivity contribution in [3.8, 4) is 5.75 Å². The molecule has 4 heterocycles. The molecule has 0 aromatic carbocycles. The molecule has 25 heavy (non-hydrogen) atoms. The van der Waals surface area contributed by atoms with Gasteiger partial charge in [0, 0.05) is 6.54 Å². The molecule has 1 amide bonds. The van der Waals surface area contributed by atoms with Gasteiger partial charge >= 0.3 is 0 Å². The van der Waals surface area contributed by atoms with Gasteiger partial charge in [0.15, 0.2) is 11.6 Å². The second-order valence-electron chi connectivity index (χ2n) is 5.68. The first-order valence-electron chi connectivity index (χ1n) is 7.75. The number of halogens is 1. The summed E-state index contributed by atoms with van der Waals surface area (Å²) in [7, 11) is 0. The summed E-state index contributed by atoms with van der Waals surface area (Å²) in [5.74, 6) is 0.453. The molecule has 4 rings (SSSR count). The van der Waals surface area contributed by atoms with Crippen LogP contribution in [0.25, 0.3) is 10.2 Å². The van der Waals surface area contributed by atoms with E-state index in [9.17, 15) is 9.90 Å². The molecule has 3 aromatic heterocycles. The number of hydrogen-bond acceptors (Lipinski definition) is 7. The molecule has 9 heteroatoms. The summed E-state index contributed by atoms with van der Waals surface area (Å²) in [5, 5.41) is 15.6. The lowest BCUT2D eigenvalue weighted by atomic mass is 10.2. The van der Waals surface area contributed by atoms with E-state index in [4.69, 9.17) is 11.6 Å². The second-order valence-corrected chi connectivity index (χ2v) is 6.96. The number of carbonyl (C=O) groups is 1. The van der Waals surface area contributed by atoms with Gasteiger partial charge in [0.1, 0.15) is 28.2 Å². The monoisotopic (exact) mass is 375 g/mol. The molecular weight excluding hydrogens is 362 g/mol. The maximum absolute atomic E-state index is 12.7. The van der Waals surface area contributed by atoms with Gasteiger partial charge in [0.2, 0.25) is 5.91 Å². The number of thiophene rings is 1. The number of aromatic nitrogens is 3. The zero-order valence-electron chi connectivity index (χ0n) is 13.0. The smallest absolute Gasteiger partial charge is 0.248 e. The fourth-order valence-corrected chi connectivity index (χ4v) is 3.89. The third kappa shape index (κ3) is 2.98. The van der Waals surface area contributed by atoms with Crippen molar-refractivity contribution >= 4 is 50.7 Å². The zero-order valence-corrected chi connectivity index (χ0v) is 14.6. The van der Waals surface area contributed by atoms with Gasteiger partial charge in [-0.3, -0.25) is 4.79 Å². The van der Waals surface area contributed by atoms with Gasteiger partial charge in [-0.25, -0.2) is 15.0 Å². The van der Waals surface area contributed by atoms with E-state index in [1.54, 1.807) is 11.3 Å². The molecule has 3 aromatic rings. The number of nitrogens with zero attached hydrogens (tertiary/aromatic N) is 4. The number of fused-ring (bicyclic) bond motifs is 1. The number of rotatable bonds is 3. The van der Waals surface area contributed by atoms with Gasteiger partial charge in [-0.2, -0.15) is 0 Å². The van der Waals surface area contributed by atoms with Crippen LogP contribution in [-0.4, -0.2) is 38.6 Å². The number of nitrogens with one attached hydrogen (secondary N) is 1. The number of hydrogen-bond donors (Lipinski definition) is 2. The highest BCUT2D eigenvalue weighted by atomic mass is 35.5. The number of amides is 1. The van der Waals surface area contributed by atoms with Gasteiger partial charge in [0.05, 0.1) is 5.39 Å². The Morgan fingerprint density at radius 1 is 1.36 bits per heavy atom. The quantitative estimate of drug-likeness (QED) is 0.684. The molecule has 0 spiro atoms. The topological polar surface area (TPSA) is 91.2 Å². The zero-order chi connectivity index (χ0) is 17.4. The Bertz CT molecular complexity index is 947. The Morgan fingerprint density at radius 3 is 3.12 bits per heavy atom. The van der Waals surface area contributed by atoms with Crippen molar-refractivity contribution in [2.45, 2.75) is 18.9 Å². The Labute approximate surface area is 152 Å². The first-order valence-corrected chi connectivity index (χ1v) is 9.00. The Balaban J connectivity index is 1.62. The molecule has 0 bridgehead atoms. The molecule has 0 aliphatic carbocycles. The molecule has 1 saturated heterocycles. The van der Waals surface area contributed by atoms with Gasteiger partial charge in [-0.05, 0) is 36.4 Å². The summed E-state index contributed by atoms with van der Waals surface area (Å²) in [5.41, 5.74) is 0. The van der Waals surface area contributed by atoms with E-state index in [1.807, 2.05) is 16.3 Å². The number of carbonyl (C=O) groups excluding carboxylic acids is 1. The van der Waals surface area contributed by atoms with Crippen LogP contribution in [0.1, 0.15) is 12.8 Å². The molecular formula is C16H14ClN5O2S. The van der Waals surface area contributed by atoms with E-state index in [2.05, 4.69) is 20.3 Å². The maximum Gasteiger partial charge on any atom is 0.248 e. The summed E-state index contributed by atoms with van der Waals surface area (Å²) in [6, 6.07) is 4.44. The summed E-state index contributed by atoms with van der Waals surface area (Å²) in [6.07, 6.45) is 3.09. The lowest BCUT2D eigenvalue weighted by Gasteiger charge is -2.25. The number of aromatic hydroxyl groups is 1. The highest BCUT2D eigenvalue weighted by Crippen LogP contribution is 2.32. The Kier molecular flexibility index (Phi) is 4.14. The van der Waals surface area contributed by atoms with Gasteiger partial charge in [-0.1, -0.05) is 11.6 Å². The van der Waals surface area contributed by atoms with E-state index in [0.29, 0.717) is 6.42 Å². The molecule has 1 fully saturated rings. The standard InChI is InChI=1S/C16H14ClN5O2S/c17-12-4-3-11(23)13(20-12)21-15(24)10-2-1-6-22(10)14-9-5-7-25-16(9)19-8-18-14/h3-5,7-8,10,23H,1-2,6H2,(H,20,21,24). The van der Waals surface area contributed by atoms with Crippen LogP contribution in [0.15, 0.2) is 29.9 Å². The van der Waals surface area contributed by atoms with Crippen LogP contribution in [0, 0.1) is 0 Å². The van der Waals surface area contributed by atoms with E-state index >= 15 is 0 Å². The normalized spacial score (nSPS) is 17.2. The van der Waals surface area contributed by atoms with Crippen molar-refractivity contribution in [2.24, 2.45) is 0 Å². The van der Waals surface area contributed by atoms with Crippen LogP contribution in [0.2, 0.25) is 5.15 Å². The SMILES string of the molecule is O=C(Nc1nc(Cl)ccc1O)C1CCCN1c1ncnc2sccc12. The molecule has 0 radical (unpaired) electrons. The highest BCUT2D eigenvalue weighted by Gasteiger charge is 2.33. The third-order valence-corrected chi connectivity index (χ3v) is 5.18. The van der Waals surface area contributed by atoms with Gasteiger partial charge < -0.3 is 15.3 Å². The molecule has 0 saturated carbocycles. The van der Waals surface area contributed by atoms with Crippen molar-refractivity contribution < 1.29 is 9.90 Å².